The van der Waals surface area contributed by atoms with Crippen molar-refractivity contribution >= 4 is 17.1 Å². The van der Waals surface area contributed by atoms with Gasteiger partial charge in [-0.15, -0.1) is 0 Å². The van der Waals surface area contributed by atoms with E-state index in [1.807, 2.05) is 13.8 Å². The van der Waals surface area contributed by atoms with Gasteiger partial charge in [0.2, 0.25) is 0 Å². The van der Waals surface area contributed by atoms with Gasteiger partial charge in [-0.25, -0.2) is 4.79 Å². The second kappa shape index (κ2) is 2.85. The molecule has 2 aromatic heterocycles. The molecule has 0 saturated heterocycles. The van der Waals surface area contributed by atoms with Gasteiger partial charge in [-0.1, -0.05) is 11.6 Å². The van der Waals surface area contributed by atoms with Crippen LogP contribution in [0.1, 0.15) is 11.4 Å². The number of halogens is 1. The third kappa shape index (κ3) is 1.07. The molecular weight excluding hydrogens is 202 g/mol. The van der Waals surface area contributed by atoms with Gasteiger partial charge < -0.3 is 0 Å². The molecule has 2 heterocycles. The van der Waals surface area contributed by atoms with E-state index in [4.69, 9.17) is 11.6 Å². The number of hydrogen-bond donors (Lipinski definition) is 0. The molecule has 0 aliphatic rings. The molecule has 2 aromatic rings. The highest BCUT2D eigenvalue weighted by atomic mass is 35.5. The molecule has 1 N–H and O–H groups in total. The van der Waals surface area contributed by atoms with Crippen LogP contribution in [0.25, 0.3) is 5.52 Å². The summed E-state index contributed by atoms with van der Waals surface area (Å²) < 4.78 is 3.17. The normalized spacial score (nSPS) is 11.1. The van der Waals surface area contributed by atoms with Crippen molar-refractivity contribution in [2.75, 3.05) is 0 Å². The van der Waals surface area contributed by atoms with E-state index in [-0.39, 0.29) is 5.56 Å². The van der Waals surface area contributed by atoms with Gasteiger partial charge in [-0.05, 0) is 18.6 Å². The number of nitrogens with zero attached hydrogens (tertiary/aromatic N) is 2. The van der Waals surface area contributed by atoms with E-state index in [2.05, 4.69) is 5.10 Å². The highest BCUT2D eigenvalue weighted by molar-refractivity contribution is 6.30. The van der Waals surface area contributed by atoms with Crippen LogP contribution in [0.5, 0.6) is 0 Å². The molecule has 0 aliphatic carbocycles. The molecule has 74 valence electrons. The van der Waals surface area contributed by atoms with E-state index < -0.39 is 0 Å². The zero-order valence-corrected chi connectivity index (χ0v) is 9.01. The van der Waals surface area contributed by atoms with Crippen molar-refractivity contribution in [2.24, 2.45) is 7.05 Å². The molecule has 0 aromatic carbocycles. The topological polar surface area (TPSA) is 40.5 Å². The Morgan fingerprint density at radius 1 is 1.43 bits per heavy atom. The van der Waals surface area contributed by atoms with Crippen LogP contribution >= 0.6 is 11.6 Å². The van der Waals surface area contributed by atoms with E-state index in [1.165, 1.54) is 0 Å². The number of hydrogen-bond acceptors (Lipinski definition) is 1. The molecule has 4 nitrogen and oxygen atoms in total. The number of nitrogens with one attached hydrogen (secondary N) is 1. The molecule has 0 atom stereocenters. The Bertz CT molecular complexity index is 567. The summed E-state index contributed by atoms with van der Waals surface area (Å²) in [6.07, 6.45) is 0. The van der Waals surface area contributed by atoms with E-state index in [0.29, 0.717) is 10.7 Å². The first-order valence-corrected chi connectivity index (χ1v) is 4.66. The van der Waals surface area contributed by atoms with Crippen LogP contribution < -0.4 is 10.7 Å². The Morgan fingerprint density at radius 2 is 2.07 bits per heavy atom. The van der Waals surface area contributed by atoms with Gasteiger partial charge in [0.25, 0.3) is 5.82 Å². The Hall–Kier alpha value is -1.29. The fraction of sp³-hybridized carbons (Fsp3) is 0.333. The maximum absolute atomic E-state index is 11.8. The fourth-order valence-corrected chi connectivity index (χ4v) is 1.81. The lowest BCUT2D eigenvalue weighted by atomic mass is 10.3. The second-order valence-corrected chi connectivity index (χ2v) is 3.78. The van der Waals surface area contributed by atoms with Crippen molar-refractivity contribution in [3.63, 3.8) is 0 Å². The predicted molar refractivity (Wildman–Crippen MR) is 53.7 cm³/mol. The van der Waals surface area contributed by atoms with Gasteiger partial charge in [0.15, 0.2) is 5.52 Å². The molecule has 2 rings (SSSR count). The smallest absolute Gasteiger partial charge is 0.239 e. The molecule has 14 heavy (non-hydrogen) atoms. The predicted octanol–water partition coefficient (Wildman–Crippen LogP) is 0.722. The zero-order chi connectivity index (χ0) is 10.5. The monoisotopic (exact) mass is 212 g/mol. The number of aromatic amines is 1. The van der Waals surface area contributed by atoms with Gasteiger partial charge in [-0.3, -0.25) is 0 Å². The fourth-order valence-electron chi connectivity index (χ4n) is 1.52. The van der Waals surface area contributed by atoms with Gasteiger partial charge >= 0.3 is 5.56 Å². The number of H-pyrrole nitrogens is 1. The van der Waals surface area contributed by atoms with Crippen LogP contribution in [0.15, 0.2) is 10.9 Å². The maximum Gasteiger partial charge on any atom is 0.361 e. The number of rotatable bonds is 0. The highest BCUT2D eigenvalue weighted by Crippen LogP contribution is 2.14. The van der Waals surface area contributed by atoms with Crippen molar-refractivity contribution in [1.29, 1.82) is 0 Å². The van der Waals surface area contributed by atoms with Crippen LogP contribution in [0.2, 0.25) is 5.15 Å². The zero-order valence-electron chi connectivity index (χ0n) is 8.26. The average Bonchev–Trinajstić information content (AvgIpc) is 2.38. The van der Waals surface area contributed by atoms with Crippen molar-refractivity contribution in [2.45, 2.75) is 13.8 Å². The lowest BCUT2D eigenvalue weighted by Gasteiger charge is -1.97. The first-order chi connectivity index (χ1) is 6.52. The first kappa shape index (κ1) is 9.27. The second-order valence-electron chi connectivity index (χ2n) is 3.40. The largest absolute Gasteiger partial charge is 0.361 e. The molecule has 0 unspecified atom stereocenters. The summed E-state index contributed by atoms with van der Waals surface area (Å²) in [7, 11) is 1.73. The molecule has 0 amide bonds. The SMILES string of the molecule is Cc1cc(Cl)n2[nH+]c(C)n(C)c(=O)c12. The third-order valence-corrected chi connectivity index (χ3v) is 2.71. The number of fused-ring (bicyclic) bond motifs is 1. The summed E-state index contributed by atoms with van der Waals surface area (Å²) in [5, 5.41) is 3.56. The summed E-state index contributed by atoms with van der Waals surface area (Å²) in [5.74, 6) is 0.764. The summed E-state index contributed by atoms with van der Waals surface area (Å²) in [4.78, 5) is 11.8. The van der Waals surface area contributed by atoms with Crippen LogP contribution in [0.4, 0.5) is 0 Å². The average molecular weight is 213 g/mol. The van der Waals surface area contributed by atoms with Gasteiger partial charge in [-0.2, -0.15) is 14.2 Å². The van der Waals surface area contributed by atoms with E-state index in [1.54, 1.807) is 22.2 Å². The molecular formula is C9H11ClN3O+. The minimum atomic E-state index is -0.0364. The minimum absolute atomic E-state index is 0.0364. The van der Waals surface area contributed by atoms with Gasteiger partial charge in [0.1, 0.15) is 5.15 Å². The van der Waals surface area contributed by atoms with Crippen molar-refractivity contribution in [3.8, 4) is 0 Å². The molecule has 0 bridgehead atoms. The Balaban J connectivity index is 3.09. The lowest BCUT2D eigenvalue weighted by molar-refractivity contribution is -0.484. The highest BCUT2D eigenvalue weighted by Gasteiger charge is 2.16. The van der Waals surface area contributed by atoms with Crippen molar-refractivity contribution in [3.05, 3.63) is 33.0 Å². The summed E-state index contributed by atoms with van der Waals surface area (Å²) in [5.41, 5.74) is 1.45. The first-order valence-electron chi connectivity index (χ1n) is 4.29. The maximum atomic E-state index is 11.8. The molecule has 0 aliphatic heterocycles. The number of aromatic nitrogens is 3. The molecule has 0 radical (unpaired) electrons. The Kier molecular flexibility index (Phi) is 1.89. The Morgan fingerprint density at radius 3 is 2.71 bits per heavy atom. The molecule has 5 heteroatoms. The van der Waals surface area contributed by atoms with Crippen molar-refractivity contribution in [1.82, 2.24) is 9.08 Å². The number of aryl methyl sites for hydroxylation is 2. The molecule has 0 spiro atoms. The van der Waals surface area contributed by atoms with Crippen LogP contribution in [-0.4, -0.2) is 9.08 Å². The minimum Gasteiger partial charge on any atom is -0.239 e. The van der Waals surface area contributed by atoms with Crippen LogP contribution in [0.3, 0.4) is 0 Å². The van der Waals surface area contributed by atoms with Crippen molar-refractivity contribution < 1.29 is 5.10 Å². The van der Waals surface area contributed by atoms with E-state index in [0.717, 1.165) is 11.4 Å². The molecule has 0 fully saturated rings. The van der Waals surface area contributed by atoms with E-state index in [9.17, 15) is 4.79 Å². The third-order valence-electron chi connectivity index (χ3n) is 2.43. The Labute approximate surface area is 85.7 Å². The van der Waals surface area contributed by atoms with Gasteiger partial charge in [0, 0.05) is 6.92 Å². The van der Waals surface area contributed by atoms with E-state index >= 15 is 0 Å². The lowest BCUT2D eigenvalue weighted by Crippen LogP contribution is -2.33. The molecule has 0 saturated carbocycles. The van der Waals surface area contributed by atoms with Gasteiger partial charge in [0.05, 0.1) is 7.05 Å². The standard InChI is InChI=1S/C9H10ClN3O/c1-5-4-7(10)13-8(5)9(14)12(3)6(2)11-13/h4H,1-3H3/p+1. The summed E-state index contributed by atoms with van der Waals surface area (Å²) >= 11 is 5.96. The summed E-state index contributed by atoms with van der Waals surface area (Å²) in [6, 6.07) is 1.77. The van der Waals surface area contributed by atoms with Crippen LogP contribution in [-0.2, 0) is 7.05 Å². The summed E-state index contributed by atoms with van der Waals surface area (Å²) in [6.45, 7) is 3.69. The quantitative estimate of drug-likeness (QED) is 0.635. The van der Waals surface area contributed by atoms with Crippen LogP contribution in [0, 0.1) is 13.8 Å².